The Morgan fingerprint density at radius 1 is 0.671 bits per heavy atom. The maximum atomic E-state index is 13.8. The number of ether oxygens (including phenoxy) is 12. The number of amides is 1. The minimum absolute atomic E-state index is 0.0155. The average molecular weight is 1180 g/mol. The molecule has 15 atom stereocenters. The van der Waals surface area contributed by atoms with Crippen molar-refractivity contribution >= 4 is 40.6 Å². The number of hydrogen-bond donors (Lipinski definition) is 1. The van der Waals surface area contributed by atoms with Gasteiger partial charge in [-0.3, -0.25) is 0 Å². The summed E-state index contributed by atoms with van der Waals surface area (Å²) in [6.07, 6.45) is -17.1. The second-order valence-electron chi connectivity index (χ2n) is 19.0. The quantitative estimate of drug-likeness (QED) is 0.00963. The summed E-state index contributed by atoms with van der Waals surface area (Å²) in [5.74, 6) is -1.90. The van der Waals surface area contributed by atoms with E-state index in [2.05, 4.69) is 20.1 Å². The SMILES string of the molecule is [B]B=PO[C@@H]1C(N=[N+]=[N-])[C@@H](O[C@@H]2C(C(=O)OC)O[C@H](OCCCCCN(Cc3ccccc3)C(=O)OCc3ccccc3)C(OO[O-])[C@@H]2OCCCC)OC(CO)[C@H]1O[C@@H]1OC(C(=O)OC)[C@@H](OCCCC)[C@@H](OCCCC)C1OO[O-]. The molecule has 2 radical (unpaired) electrons. The van der Waals surface area contributed by atoms with Crippen molar-refractivity contribution in [1.29, 1.82) is 0 Å². The van der Waals surface area contributed by atoms with E-state index in [0.29, 0.717) is 64.5 Å². The summed E-state index contributed by atoms with van der Waals surface area (Å²) < 4.78 is 78.5. The molecule has 3 fully saturated rings. The summed E-state index contributed by atoms with van der Waals surface area (Å²) in [7, 11) is 7.97. The van der Waals surface area contributed by atoms with Gasteiger partial charge in [-0.15, -0.1) is 0 Å². The van der Waals surface area contributed by atoms with Gasteiger partial charge in [0.2, 0.25) is 0 Å². The Morgan fingerprint density at radius 2 is 1.21 bits per heavy atom. The molecule has 0 spiro atoms. The number of azide groups is 1. The van der Waals surface area contributed by atoms with E-state index < -0.39 is 117 Å². The van der Waals surface area contributed by atoms with Crippen LogP contribution in [-0.4, -0.2) is 188 Å². The number of carbonyl (C=O) groups is 3. The number of nitrogens with zero attached hydrogens (tertiary/aromatic N) is 4. The summed E-state index contributed by atoms with van der Waals surface area (Å²) >= 11 is 0. The third-order valence-electron chi connectivity index (χ3n) is 13.4. The van der Waals surface area contributed by atoms with E-state index in [0.717, 1.165) is 38.3 Å². The van der Waals surface area contributed by atoms with E-state index >= 15 is 0 Å². The number of benzene rings is 2. The van der Waals surface area contributed by atoms with Gasteiger partial charge in [-0.1, -0.05) is 87.9 Å². The molecule has 0 bridgehead atoms. The maximum absolute atomic E-state index is 13.8. The second-order valence-corrected chi connectivity index (χ2v) is 19.8. The van der Waals surface area contributed by atoms with Crippen molar-refractivity contribution in [2.75, 3.05) is 53.8 Å². The average Bonchev–Trinajstić information content (AvgIpc) is 3.03. The molecular weight excluding hydrogens is 1100 g/mol. The van der Waals surface area contributed by atoms with Gasteiger partial charge in [0.05, 0.1) is 0 Å². The van der Waals surface area contributed by atoms with E-state index in [1.165, 1.54) is 0 Å². The van der Waals surface area contributed by atoms with Gasteiger partial charge in [0, 0.05) is 13.1 Å². The van der Waals surface area contributed by atoms with Crippen molar-refractivity contribution in [3.05, 3.63) is 82.2 Å². The summed E-state index contributed by atoms with van der Waals surface area (Å²) in [4.78, 5) is 55.7. The Bertz CT molecular complexity index is 2200. The number of unbranched alkanes of at least 4 members (excludes halogenated alkanes) is 5. The number of aliphatic hydroxyl groups is 1. The van der Waals surface area contributed by atoms with Gasteiger partial charge >= 0.3 is 329 Å². The van der Waals surface area contributed by atoms with Crippen LogP contribution in [0.3, 0.4) is 0 Å². The molecule has 3 aliphatic heterocycles. The van der Waals surface area contributed by atoms with Gasteiger partial charge in [-0.25, -0.2) is 4.79 Å². The van der Waals surface area contributed by atoms with Crippen LogP contribution in [0.25, 0.3) is 10.4 Å². The van der Waals surface area contributed by atoms with Crippen molar-refractivity contribution in [2.24, 2.45) is 5.11 Å². The molecule has 82 heavy (non-hydrogen) atoms. The van der Waals surface area contributed by atoms with Crippen molar-refractivity contribution < 1.29 is 111 Å². The van der Waals surface area contributed by atoms with Gasteiger partial charge in [0.15, 0.2) is 0 Å². The Balaban J connectivity index is 1.39. The molecule has 30 heteroatoms. The summed E-state index contributed by atoms with van der Waals surface area (Å²) in [6, 6.07) is 17.2. The normalized spacial score (nSPS) is 28.2. The zero-order valence-corrected chi connectivity index (χ0v) is 47.7. The molecule has 3 aliphatic rings. The number of esters is 2. The first-order valence-electron chi connectivity index (χ1n) is 27.4. The van der Waals surface area contributed by atoms with Gasteiger partial charge in [-0.05, 0) is 30.4 Å². The predicted octanol–water partition coefficient (Wildman–Crippen LogP) is 3.66. The van der Waals surface area contributed by atoms with Crippen LogP contribution in [-0.2, 0) is 104 Å². The van der Waals surface area contributed by atoms with E-state index in [-0.39, 0.29) is 41.3 Å². The van der Waals surface area contributed by atoms with Crippen molar-refractivity contribution in [3.8, 4) is 0 Å². The first-order valence-corrected chi connectivity index (χ1v) is 28.3. The van der Waals surface area contributed by atoms with Gasteiger partial charge in [0.1, 0.15) is 6.61 Å². The monoisotopic (exact) mass is 1180 g/mol. The van der Waals surface area contributed by atoms with Crippen LogP contribution >= 0.6 is 8.30 Å². The second kappa shape index (κ2) is 38.6. The molecule has 5 rings (SSSR count). The fraction of sp³-hybridized carbons (Fsp3) is 0.712. The number of methoxy groups -OCH3 is 2. The zero-order valence-electron chi connectivity index (χ0n) is 46.8. The third kappa shape index (κ3) is 20.5. The molecule has 0 aliphatic carbocycles. The van der Waals surface area contributed by atoms with Gasteiger partial charge in [-0.2, -0.15) is 0 Å². The van der Waals surface area contributed by atoms with Gasteiger partial charge < -0.3 is 9.64 Å². The molecule has 3 heterocycles. The van der Waals surface area contributed by atoms with E-state index in [1.54, 1.807) is 4.90 Å². The van der Waals surface area contributed by atoms with Crippen molar-refractivity contribution in [2.45, 2.75) is 184 Å². The molecule has 27 nitrogen and oxygen atoms in total. The molecule has 6 unspecified atom stereocenters. The van der Waals surface area contributed by atoms with Crippen LogP contribution in [0.15, 0.2) is 65.8 Å². The van der Waals surface area contributed by atoms with Crippen LogP contribution < -0.4 is 10.5 Å². The Kier molecular flexibility index (Phi) is 32.3. The number of hydrogen-bond acceptors (Lipinski definition) is 24. The summed E-state index contributed by atoms with van der Waals surface area (Å²) in [6.45, 7) is 6.99. The molecule has 2 aromatic rings. The first-order chi connectivity index (χ1) is 40.1. The van der Waals surface area contributed by atoms with Crippen LogP contribution in [0.2, 0.25) is 0 Å². The van der Waals surface area contributed by atoms with Crippen LogP contribution in [0.4, 0.5) is 4.79 Å². The van der Waals surface area contributed by atoms with E-state index in [1.807, 2.05) is 81.4 Å². The molecule has 0 aromatic heterocycles. The molecule has 0 saturated carbocycles. The molecule has 1 amide bonds. The van der Waals surface area contributed by atoms with Crippen molar-refractivity contribution in [1.82, 2.24) is 4.90 Å². The third-order valence-corrected chi connectivity index (χ3v) is 13.9. The fourth-order valence-corrected chi connectivity index (χ4v) is 9.69. The zero-order chi connectivity index (χ0) is 59.1. The fourth-order valence-electron chi connectivity index (χ4n) is 9.24. The van der Waals surface area contributed by atoms with Crippen LogP contribution in [0.1, 0.15) is 89.7 Å². The molecule has 1 N–H and O–H groups in total. The molecular formula is C52H75B2N4O23P-2. The van der Waals surface area contributed by atoms with Crippen molar-refractivity contribution in [3.63, 3.8) is 0 Å². The van der Waals surface area contributed by atoms with Crippen LogP contribution in [0, 0.1) is 0 Å². The Morgan fingerprint density at radius 3 is 1.77 bits per heavy atom. The topological polar surface area (TPSA) is 326 Å². The number of rotatable bonds is 37. The number of aliphatic hydroxyl groups excluding tert-OH is 1. The minimum atomic E-state index is -1.79. The summed E-state index contributed by atoms with van der Waals surface area (Å²) in [5, 5.41) is 46.7. The van der Waals surface area contributed by atoms with E-state index in [4.69, 9.17) is 78.9 Å². The Hall–Kier alpha value is -4.29. The summed E-state index contributed by atoms with van der Waals surface area (Å²) in [5.41, 5.74) is 11.8. The van der Waals surface area contributed by atoms with E-state index in [9.17, 15) is 35.5 Å². The first kappa shape index (κ1) is 68.5. The molecule has 2 aromatic carbocycles. The standard InChI is InChI=1S/C52H77B2N4O23P/c1-6-9-26-67-39-40(68-27-10-7-2)46(78-81-64)51(76-43(39)47(60)65-4)73-37-35(31-59)72-49(36(56-57-55)38(37)79-82-54-53)74-42-41(69-28-11-8-3)45(77-80-63)50(75-44(42)48(61)66-5)70-29-20-14-19-25-58(30-33-21-15-12-16-22-33)52(62)71-32-34-23-17-13-18-24-34/h12-13,15-18,21-24,35-46,49-51,59,63-64H,6-11,14,19-20,25-32H2,1-5H3/p-2/t35?,36?,37-,38-,39+,40-,41-,42+,43?,44?,45?,46?,49-,50+,51-/m1/s1. The molecule has 454 valence electrons. The Labute approximate surface area is 480 Å². The molecule has 3 saturated heterocycles. The van der Waals surface area contributed by atoms with Crippen LogP contribution in [0.5, 0.6) is 0 Å². The van der Waals surface area contributed by atoms with Gasteiger partial charge in [0.25, 0.3) is 0 Å². The number of carbonyl (C=O) groups excluding carboxylic acids is 3. The predicted molar refractivity (Wildman–Crippen MR) is 282 cm³/mol.